The van der Waals surface area contributed by atoms with Crippen LogP contribution < -0.4 is 26.6 Å². The molecule has 0 saturated heterocycles. The highest BCUT2D eigenvalue weighted by Gasteiger charge is 2.24. The topological polar surface area (TPSA) is 169 Å². The summed E-state index contributed by atoms with van der Waals surface area (Å²) in [6.07, 6.45) is 1.16. The summed E-state index contributed by atoms with van der Waals surface area (Å²) in [6, 6.07) is 4.39. The van der Waals surface area contributed by atoms with Gasteiger partial charge in [0.15, 0.2) is 0 Å². The van der Waals surface area contributed by atoms with E-state index in [1.54, 1.807) is 26.1 Å². The van der Waals surface area contributed by atoms with Gasteiger partial charge in [-0.05, 0) is 49.9 Å². The third kappa shape index (κ3) is 11.2. The van der Waals surface area contributed by atoms with Crippen LogP contribution in [0.1, 0.15) is 39.2 Å². The van der Waals surface area contributed by atoms with Gasteiger partial charge in [-0.25, -0.2) is 0 Å². The van der Waals surface area contributed by atoms with Crippen molar-refractivity contribution in [1.82, 2.24) is 26.6 Å². The Morgan fingerprint density at radius 3 is 2.03 bits per heavy atom. The number of carbonyl (C=O) groups excluding carboxylic acids is 4. The smallest absolute Gasteiger partial charge is 0.243 e. The molecule has 0 aromatic heterocycles. The Hall–Kier alpha value is -3.60. The van der Waals surface area contributed by atoms with Crippen LogP contribution in [0.15, 0.2) is 36.6 Å². The SMILES string of the molecule is C=C(O)C(CC(C)C)NC(=O)C(CC)NC(=O)CNC(=O)CNC(=O)C(Cc1ccc(O)cc1)NC. The predicted octanol–water partition coefficient (Wildman–Crippen LogP) is 0.253. The van der Waals surface area contributed by atoms with E-state index in [1.165, 1.54) is 12.1 Å². The van der Waals surface area contributed by atoms with Crippen molar-refractivity contribution >= 4 is 23.6 Å². The van der Waals surface area contributed by atoms with Crippen LogP contribution >= 0.6 is 0 Å². The van der Waals surface area contributed by atoms with Gasteiger partial charge in [-0.15, -0.1) is 0 Å². The third-order valence-electron chi connectivity index (χ3n) is 5.40. The first-order valence-corrected chi connectivity index (χ1v) is 11.9. The minimum atomic E-state index is -0.848. The summed E-state index contributed by atoms with van der Waals surface area (Å²) in [7, 11) is 1.62. The van der Waals surface area contributed by atoms with Crippen molar-refractivity contribution in [2.24, 2.45) is 5.92 Å². The number of hydrogen-bond donors (Lipinski definition) is 7. The Morgan fingerprint density at radius 1 is 0.889 bits per heavy atom. The first kappa shape index (κ1) is 30.4. The molecule has 0 aliphatic heterocycles. The number of phenols is 1. The van der Waals surface area contributed by atoms with Crippen LogP contribution in [0.3, 0.4) is 0 Å². The molecule has 0 fully saturated rings. The first-order valence-electron chi connectivity index (χ1n) is 11.9. The molecule has 4 amide bonds. The zero-order valence-corrected chi connectivity index (χ0v) is 21.4. The molecule has 1 aromatic rings. The fourth-order valence-corrected chi connectivity index (χ4v) is 3.35. The molecule has 0 aliphatic carbocycles. The maximum absolute atomic E-state index is 12.5. The van der Waals surface area contributed by atoms with Gasteiger partial charge in [0.1, 0.15) is 17.6 Å². The van der Waals surface area contributed by atoms with Crippen LogP contribution in [0.25, 0.3) is 0 Å². The fourth-order valence-electron chi connectivity index (χ4n) is 3.35. The Bertz CT molecular complexity index is 903. The van der Waals surface area contributed by atoms with Gasteiger partial charge in [-0.3, -0.25) is 19.2 Å². The lowest BCUT2D eigenvalue weighted by molar-refractivity contribution is -0.130. The minimum Gasteiger partial charge on any atom is -0.511 e. The lowest BCUT2D eigenvalue weighted by Crippen LogP contribution is -2.52. The number of nitrogens with one attached hydrogen (secondary N) is 5. The molecule has 1 rings (SSSR count). The number of aromatic hydroxyl groups is 1. The van der Waals surface area contributed by atoms with Crippen LogP contribution in [0, 0.1) is 5.92 Å². The molecule has 200 valence electrons. The van der Waals surface area contributed by atoms with Crippen LogP contribution in [-0.4, -0.2) is 72.1 Å². The van der Waals surface area contributed by atoms with Crippen molar-refractivity contribution in [1.29, 1.82) is 0 Å². The lowest BCUT2D eigenvalue weighted by atomic mass is 10.0. The van der Waals surface area contributed by atoms with E-state index in [0.717, 1.165) is 5.56 Å². The summed E-state index contributed by atoms with van der Waals surface area (Å²) in [5.74, 6) is -1.81. The predicted molar refractivity (Wildman–Crippen MR) is 136 cm³/mol. The van der Waals surface area contributed by atoms with E-state index < -0.39 is 41.8 Å². The highest BCUT2D eigenvalue weighted by molar-refractivity contribution is 5.92. The maximum Gasteiger partial charge on any atom is 0.243 e. The molecule has 0 spiro atoms. The standard InChI is InChI=1S/C25H39N5O6/c1-6-19(25(36)30-20(16(4)31)11-15(2)3)29-23(34)14-27-22(33)13-28-24(35)21(26-5)12-17-7-9-18(32)10-8-17/h7-10,15,19-21,26,31-32H,4,6,11-14H2,1-3,5H3,(H,27,33)(H,28,35)(H,29,34)(H,30,36). The van der Waals surface area contributed by atoms with Crippen molar-refractivity contribution < 1.29 is 29.4 Å². The van der Waals surface area contributed by atoms with Crippen LogP contribution in [0.5, 0.6) is 5.75 Å². The number of likely N-dealkylation sites (N-methyl/N-ethyl adjacent to an activating group) is 1. The van der Waals surface area contributed by atoms with Crippen LogP contribution in [0.4, 0.5) is 0 Å². The Balaban J connectivity index is 2.47. The molecule has 0 heterocycles. The summed E-state index contributed by atoms with van der Waals surface area (Å²) >= 11 is 0. The van der Waals surface area contributed by atoms with E-state index in [2.05, 4.69) is 33.2 Å². The maximum atomic E-state index is 12.5. The quantitative estimate of drug-likeness (QED) is 0.168. The van der Waals surface area contributed by atoms with Gasteiger partial charge >= 0.3 is 0 Å². The number of benzene rings is 1. The van der Waals surface area contributed by atoms with Crippen molar-refractivity contribution in [2.45, 2.75) is 58.2 Å². The molecule has 0 bridgehead atoms. The molecule has 3 unspecified atom stereocenters. The molecular weight excluding hydrogens is 466 g/mol. The van der Waals surface area contributed by atoms with Crippen molar-refractivity contribution in [3.05, 3.63) is 42.2 Å². The summed E-state index contributed by atoms with van der Waals surface area (Å²) in [6.45, 7) is 8.40. The highest BCUT2D eigenvalue weighted by atomic mass is 16.3. The molecule has 0 radical (unpaired) electrons. The number of rotatable bonds is 15. The van der Waals surface area contributed by atoms with Gasteiger partial charge in [0, 0.05) is 0 Å². The Kier molecular flexibility index (Phi) is 13.0. The van der Waals surface area contributed by atoms with Crippen LogP contribution in [0.2, 0.25) is 0 Å². The van der Waals surface area contributed by atoms with Gasteiger partial charge in [-0.2, -0.15) is 0 Å². The molecule has 1 aromatic carbocycles. The molecule has 0 saturated carbocycles. The molecule has 11 nitrogen and oxygen atoms in total. The van der Waals surface area contributed by atoms with Crippen LogP contribution in [-0.2, 0) is 25.6 Å². The molecule has 36 heavy (non-hydrogen) atoms. The van der Waals surface area contributed by atoms with Gasteiger partial charge in [0.25, 0.3) is 0 Å². The second kappa shape index (κ2) is 15.4. The average molecular weight is 506 g/mol. The number of aliphatic hydroxyl groups is 1. The van der Waals surface area contributed by atoms with E-state index in [4.69, 9.17) is 0 Å². The number of phenolic OH excluding ortho intramolecular Hbond substituents is 1. The fraction of sp³-hybridized carbons (Fsp3) is 0.520. The van der Waals surface area contributed by atoms with E-state index in [0.29, 0.717) is 19.3 Å². The third-order valence-corrected chi connectivity index (χ3v) is 5.40. The summed E-state index contributed by atoms with van der Waals surface area (Å²) < 4.78 is 0. The van der Waals surface area contributed by atoms with E-state index in [9.17, 15) is 29.4 Å². The Morgan fingerprint density at radius 2 is 1.50 bits per heavy atom. The molecule has 7 N–H and O–H groups in total. The molecule has 11 heteroatoms. The monoisotopic (exact) mass is 505 g/mol. The minimum absolute atomic E-state index is 0.127. The zero-order chi connectivity index (χ0) is 27.3. The number of aliphatic hydroxyl groups excluding tert-OH is 1. The number of hydrogen-bond acceptors (Lipinski definition) is 7. The largest absolute Gasteiger partial charge is 0.511 e. The highest BCUT2D eigenvalue weighted by Crippen LogP contribution is 2.12. The van der Waals surface area contributed by atoms with Crippen molar-refractivity contribution in [3.63, 3.8) is 0 Å². The van der Waals surface area contributed by atoms with Crippen molar-refractivity contribution in [3.8, 4) is 5.75 Å². The second-order valence-corrected chi connectivity index (χ2v) is 8.92. The van der Waals surface area contributed by atoms with E-state index >= 15 is 0 Å². The first-order chi connectivity index (χ1) is 17.0. The molecule has 0 aliphatic rings. The van der Waals surface area contributed by atoms with Crippen molar-refractivity contribution in [2.75, 3.05) is 20.1 Å². The zero-order valence-electron chi connectivity index (χ0n) is 21.4. The second-order valence-electron chi connectivity index (χ2n) is 8.92. The van der Waals surface area contributed by atoms with Gasteiger partial charge in [0.2, 0.25) is 23.6 Å². The van der Waals surface area contributed by atoms with E-state index in [-0.39, 0.29) is 30.5 Å². The number of carbonyl (C=O) groups is 4. The van der Waals surface area contributed by atoms with Gasteiger partial charge < -0.3 is 36.8 Å². The van der Waals surface area contributed by atoms with Gasteiger partial charge in [-0.1, -0.05) is 39.5 Å². The Labute approximate surface area is 212 Å². The molecule has 3 atom stereocenters. The average Bonchev–Trinajstić information content (AvgIpc) is 2.83. The lowest BCUT2D eigenvalue weighted by Gasteiger charge is -2.23. The molecular formula is C25H39N5O6. The summed E-state index contributed by atoms with van der Waals surface area (Å²) in [4.78, 5) is 49.3. The normalized spacial score (nSPS) is 13.2. The number of amides is 4. The van der Waals surface area contributed by atoms with E-state index in [1.807, 2.05) is 13.8 Å². The summed E-state index contributed by atoms with van der Waals surface area (Å²) in [5.41, 5.74) is 0.830. The van der Waals surface area contributed by atoms with Gasteiger partial charge in [0.05, 0.1) is 25.2 Å². The summed E-state index contributed by atoms with van der Waals surface area (Å²) in [5, 5.41) is 32.1.